The van der Waals surface area contributed by atoms with Gasteiger partial charge in [0.2, 0.25) is 0 Å². The molecule has 1 N–H and O–H groups in total. The summed E-state index contributed by atoms with van der Waals surface area (Å²) in [6.07, 6.45) is 0.857. The minimum absolute atomic E-state index is 0.265. The van der Waals surface area contributed by atoms with Crippen LogP contribution in [0, 0.1) is 5.82 Å². The lowest BCUT2D eigenvalue weighted by atomic mass is 10.1. The average Bonchev–Trinajstić information content (AvgIpc) is 2.43. The van der Waals surface area contributed by atoms with Crippen LogP contribution < -0.4 is 10.1 Å². The van der Waals surface area contributed by atoms with Gasteiger partial charge in [0.05, 0.1) is 0 Å². The first-order valence-electron chi connectivity index (χ1n) is 6.43. The minimum Gasteiger partial charge on any atom is -0.454 e. The molecule has 0 saturated heterocycles. The van der Waals surface area contributed by atoms with Crippen LogP contribution in [0.3, 0.4) is 0 Å². The van der Waals surface area contributed by atoms with E-state index in [4.69, 9.17) is 4.74 Å². The average molecular weight is 259 g/mol. The van der Waals surface area contributed by atoms with Gasteiger partial charge in [-0.3, -0.25) is 0 Å². The van der Waals surface area contributed by atoms with Gasteiger partial charge in [-0.05, 0) is 42.8 Å². The van der Waals surface area contributed by atoms with Gasteiger partial charge in [-0.1, -0.05) is 31.2 Å². The van der Waals surface area contributed by atoms with Gasteiger partial charge in [0.1, 0.15) is 5.75 Å². The van der Waals surface area contributed by atoms with Crippen molar-refractivity contribution in [1.82, 2.24) is 5.32 Å². The van der Waals surface area contributed by atoms with E-state index in [0.717, 1.165) is 17.5 Å². The summed E-state index contributed by atoms with van der Waals surface area (Å²) in [7, 11) is 1.83. The molecule has 0 spiro atoms. The smallest absolute Gasteiger partial charge is 0.166 e. The summed E-state index contributed by atoms with van der Waals surface area (Å²) in [5.41, 5.74) is 1.97. The Kier molecular flexibility index (Phi) is 4.53. The second kappa shape index (κ2) is 6.34. The topological polar surface area (TPSA) is 21.3 Å². The van der Waals surface area contributed by atoms with Gasteiger partial charge in [-0.15, -0.1) is 0 Å². The molecule has 0 radical (unpaired) electrons. The Morgan fingerprint density at radius 3 is 2.58 bits per heavy atom. The number of hydrogen-bond acceptors (Lipinski definition) is 2. The molecule has 0 aromatic heterocycles. The van der Waals surface area contributed by atoms with Crippen LogP contribution in [-0.2, 0) is 13.0 Å². The summed E-state index contributed by atoms with van der Waals surface area (Å²) in [4.78, 5) is 0. The van der Waals surface area contributed by atoms with Crippen LogP contribution in [0.1, 0.15) is 18.1 Å². The molecule has 3 heteroatoms. The number of aryl methyl sites for hydroxylation is 1. The fraction of sp³-hybridized carbons (Fsp3) is 0.250. The highest BCUT2D eigenvalue weighted by atomic mass is 19.1. The van der Waals surface area contributed by atoms with Gasteiger partial charge in [0.25, 0.3) is 0 Å². The lowest BCUT2D eigenvalue weighted by molar-refractivity contribution is 0.437. The van der Waals surface area contributed by atoms with Gasteiger partial charge < -0.3 is 10.1 Å². The van der Waals surface area contributed by atoms with Gasteiger partial charge in [0, 0.05) is 6.54 Å². The van der Waals surface area contributed by atoms with Gasteiger partial charge in [0.15, 0.2) is 11.6 Å². The van der Waals surface area contributed by atoms with Crippen LogP contribution in [0.2, 0.25) is 0 Å². The second-order valence-corrected chi connectivity index (χ2v) is 4.36. The number of para-hydroxylation sites is 1. The van der Waals surface area contributed by atoms with E-state index in [1.807, 2.05) is 37.4 Å². The molecule has 0 aliphatic rings. The highest BCUT2D eigenvalue weighted by molar-refractivity contribution is 5.39. The van der Waals surface area contributed by atoms with Crippen LogP contribution in [-0.4, -0.2) is 7.05 Å². The summed E-state index contributed by atoms with van der Waals surface area (Å²) >= 11 is 0. The summed E-state index contributed by atoms with van der Waals surface area (Å²) in [5, 5.41) is 2.99. The van der Waals surface area contributed by atoms with Crippen LogP contribution >= 0.6 is 0 Å². The largest absolute Gasteiger partial charge is 0.454 e. The van der Waals surface area contributed by atoms with Crippen molar-refractivity contribution < 1.29 is 9.13 Å². The molecule has 19 heavy (non-hydrogen) atoms. The van der Waals surface area contributed by atoms with E-state index < -0.39 is 0 Å². The summed E-state index contributed by atoms with van der Waals surface area (Å²) in [6, 6.07) is 12.7. The first-order valence-corrected chi connectivity index (χ1v) is 6.43. The maximum atomic E-state index is 13.9. The zero-order valence-corrected chi connectivity index (χ0v) is 11.2. The van der Waals surface area contributed by atoms with E-state index in [1.54, 1.807) is 6.07 Å². The molecule has 0 fully saturated rings. The highest BCUT2D eigenvalue weighted by Crippen LogP contribution is 2.28. The van der Waals surface area contributed by atoms with E-state index in [2.05, 4.69) is 12.2 Å². The Morgan fingerprint density at radius 1 is 1.11 bits per heavy atom. The number of rotatable bonds is 5. The van der Waals surface area contributed by atoms with Crippen LogP contribution in [0.5, 0.6) is 11.5 Å². The lowest BCUT2D eigenvalue weighted by Gasteiger charge is -2.11. The number of ether oxygens (including phenoxy) is 1. The van der Waals surface area contributed by atoms with Crippen LogP contribution in [0.4, 0.5) is 4.39 Å². The Morgan fingerprint density at radius 2 is 1.89 bits per heavy atom. The van der Waals surface area contributed by atoms with E-state index in [1.165, 1.54) is 6.07 Å². The Hall–Kier alpha value is -1.87. The van der Waals surface area contributed by atoms with E-state index >= 15 is 0 Å². The fourth-order valence-electron chi connectivity index (χ4n) is 1.96. The number of benzene rings is 2. The lowest BCUT2D eigenvalue weighted by Crippen LogP contribution is -2.05. The van der Waals surface area contributed by atoms with Crippen LogP contribution in [0.25, 0.3) is 0 Å². The minimum atomic E-state index is -0.335. The zero-order chi connectivity index (χ0) is 13.7. The predicted molar refractivity (Wildman–Crippen MR) is 75.1 cm³/mol. The summed E-state index contributed by atoms with van der Waals surface area (Å²) < 4.78 is 19.6. The van der Waals surface area contributed by atoms with Crippen LogP contribution in [0.15, 0.2) is 42.5 Å². The first-order chi connectivity index (χ1) is 9.24. The molecule has 0 aliphatic heterocycles. The Balaban J connectivity index is 2.23. The molecular weight excluding hydrogens is 241 g/mol. The van der Waals surface area contributed by atoms with Crippen molar-refractivity contribution in [3.63, 3.8) is 0 Å². The van der Waals surface area contributed by atoms with Crippen molar-refractivity contribution in [3.05, 3.63) is 59.4 Å². The molecular formula is C16H18FNO. The monoisotopic (exact) mass is 259 g/mol. The third-order valence-corrected chi connectivity index (χ3v) is 2.95. The molecule has 0 atom stereocenters. The third kappa shape index (κ3) is 3.32. The van der Waals surface area contributed by atoms with E-state index in [9.17, 15) is 4.39 Å². The standard InChI is InChI=1S/C16H18FNO/c1-3-13-6-4-5-7-15(13)19-16-9-8-12(11-18-2)10-14(16)17/h4-10,18H,3,11H2,1-2H3. The van der Waals surface area contributed by atoms with Crippen molar-refractivity contribution in [2.45, 2.75) is 19.9 Å². The molecule has 0 aliphatic carbocycles. The molecule has 0 unspecified atom stereocenters. The molecule has 0 heterocycles. The molecule has 0 amide bonds. The van der Waals surface area contributed by atoms with Crippen molar-refractivity contribution in [3.8, 4) is 11.5 Å². The van der Waals surface area contributed by atoms with Crippen molar-refractivity contribution >= 4 is 0 Å². The number of halogens is 1. The zero-order valence-electron chi connectivity index (χ0n) is 11.2. The van der Waals surface area contributed by atoms with E-state index in [-0.39, 0.29) is 11.6 Å². The van der Waals surface area contributed by atoms with Crippen molar-refractivity contribution in [1.29, 1.82) is 0 Å². The molecule has 2 aromatic carbocycles. The summed E-state index contributed by atoms with van der Waals surface area (Å²) in [6.45, 7) is 2.69. The quantitative estimate of drug-likeness (QED) is 0.879. The van der Waals surface area contributed by atoms with Gasteiger partial charge >= 0.3 is 0 Å². The SMILES string of the molecule is CCc1ccccc1Oc1ccc(CNC)cc1F. The highest BCUT2D eigenvalue weighted by Gasteiger charge is 2.08. The van der Waals surface area contributed by atoms with Crippen molar-refractivity contribution in [2.75, 3.05) is 7.05 Å². The predicted octanol–water partition coefficient (Wildman–Crippen LogP) is 3.90. The Labute approximate surface area is 113 Å². The number of nitrogens with one attached hydrogen (secondary N) is 1. The Bertz CT molecular complexity index is 554. The summed E-state index contributed by atoms with van der Waals surface area (Å²) in [5.74, 6) is 0.643. The van der Waals surface area contributed by atoms with Gasteiger partial charge in [-0.2, -0.15) is 0 Å². The third-order valence-electron chi connectivity index (χ3n) is 2.95. The molecule has 2 rings (SSSR count). The fourth-order valence-corrected chi connectivity index (χ4v) is 1.96. The molecule has 0 saturated carbocycles. The maximum Gasteiger partial charge on any atom is 0.166 e. The van der Waals surface area contributed by atoms with Crippen molar-refractivity contribution in [2.24, 2.45) is 0 Å². The maximum absolute atomic E-state index is 13.9. The van der Waals surface area contributed by atoms with Gasteiger partial charge in [-0.25, -0.2) is 4.39 Å². The first kappa shape index (κ1) is 13.6. The number of hydrogen-bond donors (Lipinski definition) is 1. The second-order valence-electron chi connectivity index (χ2n) is 4.36. The molecule has 0 bridgehead atoms. The molecule has 100 valence electrons. The normalized spacial score (nSPS) is 10.5. The molecule has 2 nitrogen and oxygen atoms in total. The van der Waals surface area contributed by atoms with E-state index in [0.29, 0.717) is 12.3 Å². The molecule has 2 aromatic rings.